The SMILES string of the molecule is CCO[C@H](C)COC(C)CO[C@@H](C)CO[C@@H](C)CO[C@H](C)CO[C@H](C)COC.Cl. The second-order valence-electron chi connectivity index (χ2n) is 7.44. The molecule has 0 saturated heterocycles. The van der Waals surface area contributed by atoms with Gasteiger partial charge in [0.2, 0.25) is 0 Å². The lowest BCUT2D eigenvalue weighted by Crippen LogP contribution is -2.29. The Kier molecular flexibility index (Phi) is 21.5. The van der Waals surface area contributed by atoms with Crippen LogP contribution in [0.5, 0.6) is 0 Å². The fourth-order valence-corrected chi connectivity index (χ4v) is 2.31. The predicted octanol–water partition coefficient (Wildman–Crippen LogP) is 3.51. The van der Waals surface area contributed by atoms with Gasteiger partial charge in [0.25, 0.3) is 0 Å². The van der Waals surface area contributed by atoms with Crippen LogP contribution in [0.25, 0.3) is 0 Å². The highest BCUT2D eigenvalue weighted by Crippen LogP contribution is 2.04. The van der Waals surface area contributed by atoms with Gasteiger partial charge in [-0.1, -0.05) is 0 Å². The third kappa shape index (κ3) is 19.7. The van der Waals surface area contributed by atoms with Crippen molar-refractivity contribution in [1.82, 2.24) is 0 Å². The lowest BCUT2D eigenvalue weighted by molar-refractivity contribution is -0.103. The van der Waals surface area contributed by atoms with Crippen molar-refractivity contribution in [2.45, 2.75) is 85.1 Å². The van der Waals surface area contributed by atoms with E-state index in [-0.39, 0.29) is 49.0 Å². The van der Waals surface area contributed by atoms with E-state index in [1.165, 1.54) is 0 Å². The predicted molar refractivity (Wildman–Crippen MR) is 117 cm³/mol. The van der Waals surface area contributed by atoms with Gasteiger partial charge in [-0.05, 0) is 48.5 Å². The molecule has 0 radical (unpaired) electrons. The van der Waals surface area contributed by atoms with Crippen LogP contribution in [0.3, 0.4) is 0 Å². The molecule has 0 fully saturated rings. The molecule has 0 bridgehead atoms. The van der Waals surface area contributed by atoms with E-state index in [4.69, 9.17) is 33.2 Å². The van der Waals surface area contributed by atoms with Gasteiger partial charge in [-0.3, -0.25) is 0 Å². The fraction of sp³-hybridized carbons (Fsp3) is 1.00. The van der Waals surface area contributed by atoms with E-state index in [0.29, 0.717) is 46.2 Å². The van der Waals surface area contributed by atoms with Crippen molar-refractivity contribution in [2.24, 2.45) is 0 Å². The first-order chi connectivity index (χ1) is 13.3. The minimum Gasteiger partial charge on any atom is -0.382 e. The summed E-state index contributed by atoms with van der Waals surface area (Å²) < 4.78 is 39.2. The number of methoxy groups -OCH3 is 1. The van der Waals surface area contributed by atoms with Crippen LogP contribution >= 0.6 is 12.4 Å². The second kappa shape index (κ2) is 19.9. The third-order valence-corrected chi connectivity index (χ3v) is 3.93. The van der Waals surface area contributed by atoms with Crippen LogP contribution in [-0.4, -0.2) is 90.0 Å². The molecular weight excluding hydrogens is 400 g/mol. The molecule has 0 aromatic heterocycles. The summed E-state index contributed by atoms with van der Waals surface area (Å²) in [7, 11) is 1.67. The van der Waals surface area contributed by atoms with Crippen molar-refractivity contribution in [2.75, 3.05) is 53.4 Å². The third-order valence-electron chi connectivity index (χ3n) is 3.93. The van der Waals surface area contributed by atoms with Gasteiger partial charge in [0.1, 0.15) is 0 Å². The van der Waals surface area contributed by atoms with Crippen molar-refractivity contribution in [3.05, 3.63) is 0 Å². The molecule has 0 heterocycles. The lowest BCUT2D eigenvalue weighted by Gasteiger charge is -2.22. The molecule has 0 aliphatic rings. The standard InChI is InChI=1S/C21H44O7.ClH/c1-9-23-17(3)11-25-19(5)13-27-21(7)15-28-20(6)14-26-18(4)12-24-16(2)10-22-8;/h16-21H,9-15H2,1-8H3;1H/t16-,17-,18-,19?,20+,21+;/m1./s1. The summed E-state index contributed by atoms with van der Waals surface area (Å²) in [6.07, 6.45) is 0.184. The molecule has 0 saturated carbocycles. The van der Waals surface area contributed by atoms with Crippen LogP contribution in [0.4, 0.5) is 0 Å². The molecule has 178 valence electrons. The van der Waals surface area contributed by atoms with Gasteiger partial charge < -0.3 is 33.2 Å². The molecule has 0 aliphatic carbocycles. The van der Waals surface area contributed by atoms with E-state index in [1.54, 1.807) is 7.11 Å². The van der Waals surface area contributed by atoms with Crippen molar-refractivity contribution in [3.8, 4) is 0 Å². The summed E-state index contributed by atoms with van der Waals surface area (Å²) in [6.45, 7) is 17.9. The summed E-state index contributed by atoms with van der Waals surface area (Å²) in [5, 5.41) is 0. The van der Waals surface area contributed by atoms with E-state index in [1.807, 2.05) is 48.5 Å². The zero-order valence-electron chi connectivity index (χ0n) is 19.7. The number of rotatable bonds is 19. The average Bonchev–Trinajstić information content (AvgIpc) is 2.66. The smallest absolute Gasteiger partial charge is 0.0781 e. The van der Waals surface area contributed by atoms with Crippen LogP contribution in [0.1, 0.15) is 48.5 Å². The maximum atomic E-state index is 5.81. The van der Waals surface area contributed by atoms with Gasteiger partial charge in [-0.15, -0.1) is 12.4 Å². The van der Waals surface area contributed by atoms with E-state index < -0.39 is 0 Å². The van der Waals surface area contributed by atoms with Crippen LogP contribution in [0.15, 0.2) is 0 Å². The molecule has 8 heteroatoms. The van der Waals surface area contributed by atoms with Crippen LogP contribution in [-0.2, 0) is 33.2 Å². The molecule has 7 nitrogen and oxygen atoms in total. The van der Waals surface area contributed by atoms with E-state index >= 15 is 0 Å². The van der Waals surface area contributed by atoms with E-state index in [9.17, 15) is 0 Å². The first-order valence-corrected chi connectivity index (χ1v) is 10.5. The Morgan fingerprint density at radius 1 is 0.448 bits per heavy atom. The van der Waals surface area contributed by atoms with Gasteiger partial charge in [0, 0.05) is 13.7 Å². The Bertz CT molecular complexity index is 317. The highest BCUT2D eigenvalue weighted by molar-refractivity contribution is 5.85. The van der Waals surface area contributed by atoms with Gasteiger partial charge in [0.05, 0.1) is 76.3 Å². The number of ether oxygens (including phenoxy) is 7. The topological polar surface area (TPSA) is 64.6 Å². The molecule has 0 spiro atoms. The second-order valence-corrected chi connectivity index (χ2v) is 7.44. The fourth-order valence-electron chi connectivity index (χ4n) is 2.31. The molecule has 0 aliphatic heterocycles. The number of hydrogen-bond acceptors (Lipinski definition) is 7. The lowest BCUT2D eigenvalue weighted by atomic mass is 10.3. The molecule has 0 N–H and O–H groups in total. The van der Waals surface area contributed by atoms with Crippen LogP contribution in [0, 0.1) is 0 Å². The molecule has 0 aromatic rings. The largest absolute Gasteiger partial charge is 0.382 e. The van der Waals surface area contributed by atoms with Crippen molar-refractivity contribution < 1.29 is 33.2 Å². The van der Waals surface area contributed by atoms with Crippen LogP contribution in [0.2, 0.25) is 0 Å². The molecule has 0 rings (SSSR count). The van der Waals surface area contributed by atoms with Gasteiger partial charge in [-0.25, -0.2) is 0 Å². The first-order valence-electron chi connectivity index (χ1n) is 10.5. The summed E-state index contributed by atoms with van der Waals surface area (Å²) in [5.74, 6) is 0. The molecule has 0 amide bonds. The maximum Gasteiger partial charge on any atom is 0.0781 e. The van der Waals surface area contributed by atoms with E-state index in [2.05, 4.69) is 0 Å². The number of hydrogen-bond donors (Lipinski definition) is 0. The zero-order chi connectivity index (χ0) is 21.4. The summed E-state index contributed by atoms with van der Waals surface area (Å²) in [5.41, 5.74) is 0. The molecular formula is C21H45ClO7. The highest BCUT2D eigenvalue weighted by Gasteiger charge is 2.13. The van der Waals surface area contributed by atoms with Crippen molar-refractivity contribution in [3.63, 3.8) is 0 Å². The molecule has 29 heavy (non-hydrogen) atoms. The van der Waals surface area contributed by atoms with Crippen LogP contribution < -0.4 is 0 Å². The average molecular weight is 445 g/mol. The first kappa shape index (κ1) is 31.2. The van der Waals surface area contributed by atoms with Crippen molar-refractivity contribution in [1.29, 1.82) is 0 Å². The minimum atomic E-state index is -0.00869. The quantitative estimate of drug-likeness (QED) is 0.302. The van der Waals surface area contributed by atoms with Gasteiger partial charge in [0.15, 0.2) is 0 Å². The normalized spacial score (nSPS) is 17.8. The Hall–Kier alpha value is 0.01000. The Morgan fingerprint density at radius 3 is 0.931 bits per heavy atom. The maximum absolute atomic E-state index is 5.81. The van der Waals surface area contributed by atoms with E-state index in [0.717, 1.165) is 0 Å². The molecule has 1 unspecified atom stereocenters. The monoisotopic (exact) mass is 444 g/mol. The Balaban J connectivity index is 0. The Labute approximate surface area is 184 Å². The van der Waals surface area contributed by atoms with Crippen molar-refractivity contribution >= 4 is 12.4 Å². The zero-order valence-corrected chi connectivity index (χ0v) is 20.5. The minimum absolute atomic E-state index is 0. The summed E-state index contributed by atoms with van der Waals surface area (Å²) in [6, 6.07) is 0. The highest BCUT2D eigenvalue weighted by atomic mass is 35.5. The summed E-state index contributed by atoms with van der Waals surface area (Å²) in [4.78, 5) is 0. The van der Waals surface area contributed by atoms with Gasteiger partial charge >= 0.3 is 0 Å². The Morgan fingerprint density at radius 2 is 0.690 bits per heavy atom. The number of halogens is 1. The molecule has 6 atom stereocenters. The van der Waals surface area contributed by atoms with Gasteiger partial charge in [-0.2, -0.15) is 0 Å². The summed E-state index contributed by atoms with van der Waals surface area (Å²) >= 11 is 0. The molecule has 0 aromatic carbocycles.